The van der Waals surface area contributed by atoms with Crippen molar-refractivity contribution in [2.24, 2.45) is 0 Å². The van der Waals surface area contributed by atoms with Crippen LogP contribution in [0, 0.1) is 5.82 Å². The van der Waals surface area contributed by atoms with Crippen LogP contribution in [0.5, 0.6) is 5.88 Å². The normalized spacial score (nSPS) is 14.8. The summed E-state index contributed by atoms with van der Waals surface area (Å²) in [5.74, 6) is -1.39. The van der Waals surface area contributed by atoms with Crippen molar-refractivity contribution >= 4 is 33.2 Å². The fourth-order valence-electron chi connectivity index (χ4n) is 3.53. The SMILES string of the molecule is CCC(=O)NS(=O)(=O)c1ccc(-n2cnc3c(OC4CCN(C(=O)O)CC4)ncnc32)c(F)c1. The highest BCUT2D eigenvalue weighted by molar-refractivity contribution is 7.90. The molecule has 1 aliphatic rings. The second kappa shape index (κ2) is 9.21. The molecule has 1 aromatic carbocycles. The number of nitrogens with one attached hydrogen (secondary N) is 1. The van der Waals surface area contributed by atoms with Crippen LogP contribution >= 0.6 is 0 Å². The largest absolute Gasteiger partial charge is 0.473 e. The van der Waals surface area contributed by atoms with Crippen LogP contribution in [0.15, 0.2) is 35.7 Å². The number of halogens is 1. The number of nitrogens with zero attached hydrogens (tertiary/aromatic N) is 5. The molecule has 180 valence electrons. The molecule has 0 atom stereocenters. The quantitative estimate of drug-likeness (QED) is 0.522. The monoisotopic (exact) mass is 492 g/mol. The predicted octanol–water partition coefficient (Wildman–Crippen LogP) is 1.69. The summed E-state index contributed by atoms with van der Waals surface area (Å²) in [5, 5.41) is 9.07. The Kier molecular flexibility index (Phi) is 6.32. The van der Waals surface area contributed by atoms with Crippen molar-refractivity contribution in [3.63, 3.8) is 0 Å². The Morgan fingerprint density at radius 3 is 2.62 bits per heavy atom. The van der Waals surface area contributed by atoms with Crippen LogP contribution in [0.1, 0.15) is 26.2 Å². The van der Waals surface area contributed by atoms with Gasteiger partial charge in [-0.1, -0.05) is 6.92 Å². The zero-order chi connectivity index (χ0) is 24.5. The summed E-state index contributed by atoms with van der Waals surface area (Å²) >= 11 is 0. The fraction of sp³-hybridized carbons (Fsp3) is 0.350. The molecular weight excluding hydrogens is 471 g/mol. The van der Waals surface area contributed by atoms with Gasteiger partial charge < -0.3 is 14.7 Å². The van der Waals surface area contributed by atoms with Crippen LogP contribution in [0.3, 0.4) is 0 Å². The van der Waals surface area contributed by atoms with Gasteiger partial charge in [0, 0.05) is 32.4 Å². The van der Waals surface area contributed by atoms with E-state index >= 15 is 0 Å². The summed E-state index contributed by atoms with van der Waals surface area (Å²) in [4.78, 5) is 35.9. The summed E-state index contributed by atoms with van der Waals surface area (Å²) in [5.41, 5.74) is 0.499. The van der Waals surface area contributed by atoms with Crippen LogP contribution in [0.2, 0.25) is 0 Å². The number of aromatic nitrogens is 4. The molecule has 4 rings (SSSR count). The number of piperidine rings is 1. The van der Waals surface area contributed by atoms with Gasteiger partial charge >= 0.3 is 6.09 Å². The van der Waals surface area contributed by atoms with E-state index in [4.69, 9.17) is 9.84 Å². The number of imidazole rings is 1. The molecule has 0 radical (unpaired) electrons. The molecule has 1 fully saturated rings. The van der Waals surface area contributed by atoms with E-state index in [-0.39, 0.29) is 35.3 Å². The minimum absolute atomic E-state index is 0.0114. The highest BCUT2D eigenvalue weighted by Gasteiger charge is 2.25. The van der Waals surface area contributed by atoms with E-state index < -0.39 is 32.7 Å². The van der Waals surface area contributed by atoms with Crippen molar-refractivity contribution in [2.45, 2.75) is 37.2 Å². The summed E-state index contributed by atoms with van der Waals surface area (Å²) < 4.78 is 48.6. The molecule has 0 bridgehead atoms. The Morgan fingerprint density at radius 2 is 1.97 bits per heavy atom. The van der Waals surface area contributed by atoms with Gasteiger partial charge in [0.25, 0.3) is 10.0 Å². The molecule has 14 heteroatoms. The Balaban J connectivity index is 1.59. The number of rotatable bonds is 6. The number of carbonyl (C=O) groups excluding carboxylic acids is 1. The molecule has 0 spiro atoms. The Bertz CT molecular complexity index is 1350. The van der Waals surface area contributed by atoms with Gasteiger partial charge in [-0.05, 0) is 18.2 Å². The van der Waals surface area contributed by atoms with Gasteiger partial charge in [0.1, 0.15) is 24.6 Å². The summed E-state index contributed by atoms with van der Waals surface area (Å²) in [6.45, 7) is 2.17. The number of amides is 2. The van der Waals surface area contributed by atoms with E-state index in [1.165, 1.54) is 41.2 Å². The number of fused-ring (bicyclic) bond motifs is 1. The van der Waals surface area contributed by atoms with Gasteiger partial charge in [-0.3, -0.25) is 9.36 Å². The lowest BCUT2D eigenvalue weighted by Gasteiger charge is -2.29. The van der Waals surface area contributed by atoms with Crippen LogP contribution in [-0.2, 0) is 14.8 Å². The lowest BCUT2D eigenvalue weighted by molar-refractivity contribution is -0.119. The van der Waals surface area contributed by atoms with Gasteiger partial charge in [0.15, 0.2) is 11.2 Å². The third-order valence-corrected chi connectivity index (χ3v) is 6.72. The zero-order valence-corrected chi connectivity index (χ0v) is 18.8. The fourth-order valence-corrected chi connectivity index (χ4v) is 4.60. The Hall–Kier alpha value is -3.81. The molecule has 0 aliphatic carbocycles. The van der Waals surface area contributed by atoms with Gasteiger partial charge in [-0.15, -0.1) is 0 Å². The average Bonchev–Trinajstić information content (AvgIpc) is 3.24. The first-order valence-electron chi connectivity index (χ1n) is 10.4. The third-order valence-electron chi connectivity index (χ3n) is 5.35. The van der Waals surface area contributed by atoms with E-state index in [9.17, 15) is 22.4 Å². The first kappa shape index (κ1) is 23.4. The number of ether oxygens (including phenoxy) is 1. The van der Waals surface area contributed by atoms with Crippen LogP contribution < -0.4 is 9.46 Å². The third kappa shape index (κ3) is 4.62. The van der Waals surface area contributed by atoms with Crippen molar-refractivity contribution in [3.05, 3.63) is 36.7 Å². The van der Waals surface area contributed by atoms with Crippen molar-refractivity contribution in [2.75, 3.05) is 13.1 Å². The number of hydrogen-bond donors (Lipinski definition) is 2. The Morgan fingerprint density at radius 1 is 1.24 bits per heavy atom. The van der Waals surface area contributed by atoms with E-state index in [0.717, 1.165) is 6.07 Å². The molecule has 1 saturated heterocycles. The molecule has 0 unspecified atom stereocenters. The molecular formula is C20H21FN6O6S. The number of likely N-dealkylation sites (tertiary alicyclic amines) is 1. The molecule has 34 heavy (non-hydrogen) atoms. The standard InChI is InChI=1S/C20H21FN6O6S/c1-2-16(28)25-34(31,32)13-3-4-15(14(21)9-13)27-11-24-17-18(27)22-10-23-19(17)33-12-5-7-26(8-6-12)20(29)30/h3-4,9-12H,2,5-8H2,1H3,(H,25,28)(H,29,30). The highest BCUT2D eigenvalue weighted by atomic mass is 32.2. The number of carbonyl (C=O) groups is 2. The van der Waals surface area contributed by atoms with Crippen LogP contribution in [0.4, 0.5) is 9.18 Å². The number of carboxylic acid groups (broad SMARTS) is 1. The van der Waals surface area contributed by atoms with Gasteiger partial charge in [-0.25, -0.2) is 32.3 Å². The highest BCUT2D eigenvalue weighted by Crippen LogP contribution is 2.27. The minimum Gasteiger partial charge on any atom is -0.473 e. The Labute approximate surface area is 193 Å². The van der Waals surface area contributed by atoms with E-state index in [2.05, 4.69) is 15.0 Å². The summed E-state index contributed by atoms with van der Waals surface area (Å²) in [6.07, 6.45) is 2.23. The molecule has 1 aliphatic heterocycles. The van der Waals surface area contributed by atoms with E-state index in [0.29, 0.717) is 25.9 Å². The van der Waals surface area contributed by atoms with E-state index in [1.54, 1.807) is 0 Å². The summed E-state index contributed by atoms with van der Waals surface area (Å²) in [6, 6.07) is 3.22. The maximum atomic E-state index is 14.9. The molecule has 12 nitrogen and oxygen atoms in total. The van der Waals surface area contributed by atoms with E-state index in [1.807, 2.05) is 4.72 Å². The van der Waals surface area contributed by atoms with Crippen molar-refractivity contribution in [1.29, 1.82) is 0 Å². The lowest BCUT2D eigenvalue weighted by Crippen LogP contribution is -2.41. The summed E-state index contributed by atoms with van der Waals surface area (Å²) in [7, 11) is -4.20. The van der Waals surface area contributed by atoms with Crippen LogP contribution in [0.25, 0.3) is 16.9 Å². The minimum atomic E-state index is -4.20. The molecule has 0 saturated carbocycles. The molecule has 2 aromatic heterocycles. The first-order chi connectivity index (χ1) is 16.2. The topological polar surface area (TPSA) is 157 Å². The smallest absolute Gasteiger partial charge is 0.407 e. The zero-order valence-electron chi connectivity index (χ0n) is 18.0. The first-order valence-corrected chi connectivity index (χ1v) is 11.9. The molecule has 2 amide bonds. The van der Waals surface area contributed by atoms with Gasteiger partial charge in [-0.2, -0.15) is 4.98 Å². The molecule has 3 heterocycles. The van der Waals surface area contributed by atoms with Crippen molar-refractivity contribution in [3.8, 4) is 11.6 Å². The number of benzene rings is 1. The van der Waals surface area contributed by atoms with Crippen molar-refractivity contribution < 1.29 is 32.2 Å². The van der Waals surface area contributed by atoms with Gasteiger partial charge in [0.05, 0.1) is 10.6 Å². The number of sulfonamides is 1. The van der Waals surface area contributed by atoms with Crippen LogP contribution in [-0.4, -0.2) is 69.1 Å². The maximum absolute atomic E-state index is 14.9. The second-order valence-electron chi connectivity index (χ2n) is 7.55. The molecule has 2 N–H and O–H groups in total. The van der Waals surface area contributed by atoms with Crippen molar-refractivity contribution in [1.82, 2.24) is 29.1 Å². The number of hydrogen-bond acceptors (Lipinski definition) is 8. The average molecular weight is 492 g/mol. The second-order valence-corrected chi connectivity index (χ2v) is 9.23. The molecule has 3 aromatic rings. The predicted molar refractivity (Wildman–Crippen MR) is 115 cm³/mol. The maximum Gasteiger partial charge on any atom is 0.407 e. The van der Waals surface area contributed by atoms with Gasteiger partial charge in [0.2, 0.25) is 11.8 Å². The lowest BCUT2D eigenvalue weighted by atomic mass is 10.1.